The molecule has 6 heteroatoms. The van der Waals surface area contributed by atoms with Crippen LogP contribution in [0, 0.1) is 6.92 Å². The summed E-state index contributed by atoms with van der Waals surface area (Å²) < 4.78 is 7.46. The number of unbranched alkanes of at least 4 members (excludes halogenated alkanes) is 1. The van der Waals surface area contributed by atoms with E-state index in [0.717, 1.165) is 63.0 Å². The van der Waals surface area contributed by atoms with Gasteiger partial charge in [-0.15, -0.1) is 0 Å². The standard InChI is InChI=1S/C21H31N5O/c1-17-23-12-15-25(17)13-5-4-11-24-21(22-2)26-14-10-19(16-26)18-6-8-20(27-3)9-7-18/h6-9,12,15,19H,4-5,10-11,13-14,16H2,1-3H3,(H,22,24). The van der Waals surface area contributed by atoms with E-state index < -0.39 is 0 Å². The van der Waals surface area contributed by atoms with E-state index in [0.29, 0.717) is 5.92 Å². The van der Waals surface area contributed by atoms with Crippen LogP contribution in [0.1, 0.15) is 36.6 Å². The van der Waals surface area contributed by atoms with Crippen molar-refractivity contribution in [2.24, 2.45) is 4.99 Å². The summed E-state index contributed by atoms with van der Waals surface area (Å²) >= 11 is 0. The van der Waals surface area contributed by atoms with Crippen molar-refractivity contribution < 1.29 is 4.74 Å². The molecule has 3 rings (SSSR count). The number of likely N-dealkylation sites (tertiary alicyclic amines) is 1. The van der Waals surface area contributed by atoms with Crippen LogP contribution in [-0.4, -0.2) is 54.2 Å². The molecule has 0 aliphatic carbocycles. The summed E-state index contributed by atoms with van der Waals surface area (Å²) in [5.41, 5.74) is 1.38. The van der Waals surface area contributed by atoms with Crippen LogP contribution in [0.5, 0.6) is 5.75 Å². The van der Waals surface area contributed by atoms with Crippen molar-refractivity contribution in [3.63, 3.8) is 0 Å². The van der Waals surface area contributed by atoms with E-state index >= 15 is 0 Å². The average Bonchev–Trinajstić information content (AvgIpc) is 3.34. The highest BCUT2D eigenvalue weighted by atomic mass is 16.5. The van der Waals surface area contributed by atoms with Gasteiger partial charge in [-0.2, -0.15) is 0 Å². The Hall–Kier alpha value is -2.50. The Morgan fingerprint density at radius 2 is 2.11 bits per heavy atom. The molecule has 2 heterocycles. The summed E-state index contributed by atoms with van der Waals surface area (Å²) in [6.45, 7) is 6.08. The van der Waals surface area contributed by atoms with Crippen LogP contribution >= 0.6 is 0 Å². The lowest BCUT2D eigenvalue weighted by Gasteiger charge is -2.22. The first-order valence-electron chi connectivity index (χ1n) is 9.78. The van der Waals surface area contributed by atoms with E-state index in [2.05, 4.69) is 36.9 Å². The summed E-state index contributed by atoms with van der Waals surface area (Å²) in [6.07, 6.45) is 7.32. The number of hydrogen-bond acceptors (Lipinski definition) is 3. The van der Waals surface area contributed by atoms with Crippen molar-refractivity contribution in [3.05, 3.63) is 48.0 Å². The van der Waals surface area contributed by atoms with Gasteiger partial charge in [-0.1, -0.05) is 12.1 Å². The molecule has 6 nitrogen and oxygen atoms in total. The maximum Gasteiger partial charge on any atom is 0.193 e. The van der Waals surface area contributed by atoms with E-state index in [-0.39, 0.29) is 0 Å². The van der Waals surface area contributed by atoms with Crippen molar-refractivity contribution in [2.75, 3.05) is 33.8 Å². The Morgan fingerprint density at radius 3 is 2.78 bits per heavy atom. The lowest BCUT2D eigenvalue weighted by atomic mass is 9.98. The SMILES string of the molecule is CN=C(NCCCCn1ccnc1C)N1CCC(c2ccc(OC)cc2)C1. The minimum atomic E-state index is 0.554. The molecule has 1 aliphatic rings. The summed E-state index contributed by atoms with van der Waals surface area (Å²) in [5, 5.41) is 3.53. The number of methoxy groups -OCH3 is 1. The fourth-order valence-corrected chi connectivity index (χ4v) is 3.68. The number of nitrogens with one attached hydrogen (secondary N) is 1. The normalized spacial score (nSPS) is 17.4. The van der Waals surface area contributed by atoms with Crippen LogP contribution in [0.3, 0.4) is 0 Å². The Balaban J connectivity index is 1.42. The van der Waals surface area contributed by atoms with E-state index in [1.54, 1.807) is 7.11 Å². The van der Waals surface area contributed by atoms with Gasteiger partial charge in [0.25, 0.3) is 0 Å². The number of nitrogens with zero attached hydrogens (tertiary/aromatic N) is 4. The van der Waals surface area contributed by atoms with Gasteiger partial charge in [0.15, 0.2) is 5.96 Å². The molecule has 1 atom stereocenters. The molecule has 27 heavy (non-hydrogen) atoms. The predicted octanol–water partition coefficient (Wildman–Crippen LogP) is 3.05. The second-order valence-electron chi connectivity index (χ2n) is 7.05. The Kier molecular flexibility index (Phi) is 6.74. The monoisotopic (exact) mass is 369 g/mol. The zero-order chi connectivity index (χ0) is 19.1. The number of guanidine groups is 1. The fraction of sp³-hybridized carbons (Fsp3) is 0.524. The largest absolute Gasteiger partial charge is 0.497 e. The van der Waals surface area contributed by atoms with Gasteiger partial charge < -0.3 is 19.5 Å². The summed E-state index contributed by atoms with van der Waals surface area (Å²) in [4.78, 5) is 11.1. The lowest BCUT2D eigenvalue weighted by Crippen LogP contribution is -2.40. The minimum Gasteiger partial charge on any atom is -0.497 e. The van der Waals surface area contributed by atoms with Gasteiger partial charge in [0, 0.05) is 51.5 Å². The zero-order valence-electron chi connectivity index (χ0n) is 16.7. The summed E-state index contributed by atoms with van der Waals surface area (Å²) in [5.74, 6) is 3.57. The second-order valence-corrected chi connectivity index (χ2v) is 7.05. The van der Waals surface area contributed by atoms with Gasteiger partial charge in [-0.3, -0.25) is 4.99 Å². The number of aryl methyl sites for hydroxylation is 2. The number of hydrogen-bond donors (Lipinski definition) is 1. The Bertz CT molecular complexity index is 737. The topological polar surface area (TPSA) is 54.7 Å². The van der Waals surface area contributed by atoms with Crippen LogP contribution in [0.4, 0.5) is 0 Å². The molecule has 1 aromatic heterocycles. The van der Waals surface area contributed by atoms with Gasteiger partial charge in [0.1, 0.15) is 11.6 Å². The number of ether oxygens (including phenoxy) is 1. The van der Waals surface area contributed by atoms with Gasteiger partial charge in [-0.05, 0) is 43.9 Å². The molecule has 2 aromatic rings. The molecule has 1 aromatic carbocycles. The third-order valence-corrected chi connectivity index (χ3v) is 5.32. The summed E-state index contributed by atoms with van der Waals surface area (Å²) in [7, 11) is 3.58. The van der Waals surface area contributed by atoms with Crippen molar-refractivity contribution in [1.29, 1.82) is 0 Å². The fourth-order valence-electron chi connectivity index (χ4n) is 3.68. The van der Waals surface area contributed by atoms with Crippen molar-refractivity contribution in [1.82, 2.24) is 19.8 Å². The highest BCUT2D eigenvalue weighted by molar-refractivity contribution is 5.80. The van der Waals surface area contributed by atoms with E-state index in [9.17, 15) is 0 Å². The minimum absolute atomic E-state index is 0.554. The van der Waals surface area contributed by atoms with Crippen molar-refractivity contribution in [3.8, 4) is 5.75 Å². The van der Waals surface area contributed by atoms with Crippen LogP contribution in [-0.2, 0) is 6.54 Å². The molecule has 1 aliphatic heterocycles. The molecular formula is C21H31N5O. The highest BCUT2D eigenvalue weighted by Gasteiger charge is 2.25. The number of aliphatic imine (C=N–C) groups is 1. The summed E-state index contributed by atoms with van der Waals surface area (Å²) in [6, 6.07) is 8.46. The predicted molar refractivity (Wildman–Crippen MR) is 109 cm³/mol. The smallest absolute Gasteiger partial charge is 0.193 e. The molecule has 0 spiro atoms. The quantitative estimate of drug-likeness (QED) is 0.463. The van der Waals surface area contributed by atoms with Gasteiger partial charge in [0.2, 0.25) is 0 Å². The maximum atomic E-state index is 5.26. The molecule has 0 saturated carbocycles. The first-order valence-corrected chi connectivity index (χ1v) is 9.78. The first kappa shape index (κ1) is 19.3. The number of aromatic nitrogens is 2. The highest BCUT2D eigenvalue weighted by Crippen LogP contribution is 2.28. The van der Waals surface area contributed by atoms with Crippen molar-refractivity contribution >= 4 is 5.96 Å². The van der Waals surface area contributed by atoms with Gasteiger partial charge in [0.05, 0.1) is 7.11 Å². The molecule has 1 saturated heterocycles. The molecule has 0 amide bonds. The zero-order valence-corrected chi connectivity index (χ0v) is 16.7. The molecule has 1 fully saturated rings. The van der Waals surface area contributed by atoms with Gasteiger partial charge in [-0.25, -0.2) is 4.98 Å². The Morgan fingerprint density at radius 1 is 1.30 bits per heavy atom. The van der Waals surface area contributed by atoms with Crippen molar-refractivity contribution in [2.45, 2.75) is 38.6 Å². The van der Waals surface area contributed by atoms with Crippen LogP contribution in [0.2, 0.25) is 0 Å². The Labute approximate surface area is 162 Å². The van der Waals surface area contributed by atoms with Crippen LogP contribution < -0.4 is 10.1 Å². The van der Waals surface area contributed by atoms with E-state index in [1.165, 1.54) is 5.56 Å². The number of benzene rings is 1. The molecule has 146 valence electrons. The average molecular weight is 370 g/mol. The third-order valence-electron chi connectivity index (χ3n) is 5.32. The van der Waals surface area contributed by atoms with E-state index in [4.69, 9.17) is 4.74 Å². The van der Waals surface area contributed by atoms with Crippen LogP contribution in [0.25, 0.3) is 0 Å². The number of rotatable bonds is 7. The molecule has 0 radical (unpaired) electrons. The number of imidazole rings is 1. The lowest BCUT2D eigenvalue weighted by molar-refractivity contribution is 0.414. The second kappa shape index (κ2) is 9.44. The maximum absolute atomic E-state index is 5.26. The molecule has 0 bridgehead atoms. The van der Waals surface area contributed by atoms with Gasteiger partial charge >= 0.3 is 0 Å². The van der Waals surface area contributed by atoms with E-state index in [1.807, 2.05) is 38.5 Å². The molecule has 1 unspecified atom stereocenters. The van der Waals surface area contributed by atoms with Crippen LogP contribution in [0.15, 0.2) is 41.7 Å². The third kappa shape index (κ3) is 5.02. The first-order chi connectivity index (χ1) is 13.2. The molecular weight excluding hydrogens is 338 g/mol. The molecule has 1 N–H and O–H groups in total.